The minimum Gasteiger partial charge on any atom is -0.264 e. The molecule has 0 spiro atoms. The lowest BCUT2D eigenvalue weighted by atomic mass is 10.1. The molecule has 26 heavy (non-hydrogen) atoms. The van der Waals surface area contributed by atoms with Gasteiger partial charge in [-0.2, -0.15) is 0 Å². The molecule has 1 aliphatic rings. The molecule has 0 saturated heterocycles. The molecule has 132 valence electrons. The van der Waals surface area contributed by atoms with Crippen molar-refractivity contribution in [1.29, 1.82) is 0 Å². The van der Waals surface area contributed by atoms with Crippen LogP contribution in [0.2, 0.25) is 0 Å². The van der Waals surface area contributed by atoms with Crippen LogP contribution < -0.4 is 4.31 Å². The fraction of sp³-hybridized carbons (Fsp3) is 0.111. The highest BCUT2D eigenvalue weighted by molar-refractivity contribution is 8.00. The number of rotatable bonds is 3. The van der Waals surface area contributed by atoms with Crippen molar-refractivity contribution in [3.05, 3.63) is 70.8 Å². The minimum atomic E-state index is -3.81. The number of thioether (sulfide) groups is 1. The van der Waals surface area contributed by atoms with Gasteiger partial charge in [-0.3, -0.25) is 14.4 Å². The van der Waals surface area contributed by atoms with E-state index in [1.807, 2.05) is 24.3 Å². The van der Waals surface area contributed by atoms with Gasteiger partial charge in [0.2, 0.25) is 0 Å². The number of fused-ring (bicyclic) bond motifs is 2. The molecule has 0 N–H and O–H groups in total. The van der Waals surface area contributed by atoms with Crippen molar-refractivity contribution in [3.63, 3.8) is 0 Å². The van der Waals surface area contributed by atoms with Crippen LogP contribution in [0, 0.1) is 10.1 Å². The van der Waals surface area contributed by atoms with Crippen molar-refractivity contribution < 1.29 is 13.3 Å². The monoisotopic (exact) mass is 386 g/mol. The third-order valence-electron chi connectivity index (χ3n) is 4.28. The Balaban J connectivity index is 1.84. The molecule has 0 bridgehead atoms. The van der Waals surface area contributed by atoms with Crippen LogP contribution in [0.1, 0.15) is 0 Å². The number of hydrogen-bond acceptors (Lipinski definition) is 5. The van der Waals surface area contributed by atoms with Crippen LogP contribution in [-0.4, -0.2) is 25.6 Å². The normalized spacial score (nSPS) is 14.2. The van der Waals surface area contributed by atoms with Crippen molar-refractivity contribution >= 4 is 43.9 Å². The van der Waals surface area contributed by atoms with Gasteiger partial charge in [0, 0.05) is 29.3 Å². The van der Waals surface area contributed by atoms with E-state index in [4.69, 9.17) is 0 Å². The van der Waals surface area contributed by atoms with E-state index in [0.717, 1.165) is 15.7 Å². The van der Waals surface area contributed by atoms with Gasteiger partial charge in [0.25, 0.3) is 15.7 Å². The molecular formula is C18H14N2O4S2. The Morgan fingerprint density at radius 2 is 1.77 bits per heavy atom. The number of nitro groups is 1. The van der Waals surface area contributed by atoms with Gasteiger partial charge in [-0.05, 0) is 29.0 Å². The minimum absolute atomic E-state index is 0.120. The second-order valence-electron chi connectivity index (χ2n) is 5.84. The predicted molar refractivity (Wildman–Crippen MR) is 102 cm³/mol. The maximum atomic E-state index is 13.2. The molecule has 0 fully saturated rings. The van der Waals surface area contributed by atoms with Crippen LogP contribution in [0.3, 0.4) is 0 Å². The van der Waals surface area contributed by atoms with Crippen LogP contribution in [-0.2, 0) is 10.0 Å². The number of nitro benzene ring substituents is 1. The van der Waals surface area contributed by atoms with Crippen molar-refractivity contribution in [2.45, 2.75) is 9.79 Å². The molecule has 4 rings (SSSR count). The topological polar surface area (TPSA) is 80.5 Å². The zero-order valence-corrected chi connectivity index (χ0v) is 15.2. The average molecular weight is 386 g/mol. The van der Waals surface area contributed by atoms with E-state index in [9.17, 15) is 18.5 Å². The lowest BCUT2D eigenvalue weighted by Crippen LogP contribution is -2.35. The van der Waals surface area contributed by atoms with E-state index in [-0.39, 0.29) is 17.1 Å². The lowest BCUT2D eigenvalue weighted by molar-refractivity contribution is -0.384. The molecule has 1 aliphatic heterocycles. The first-order chi connectivity index (χ1) is 12.5. The van der Waals surface area contributed by atoms with Gasteiger partial charge in [-0.15, -0.1) is 11.8 Å². The smallest absolute Gasteiger partial charge is 0.264 e. The van der Waals surface area contributed by atoms with E-state index in [1.54, 1.807) is 24.3 Å². The van der Waals surface area contributed by atoms with Gasteiger partial charge in [0.15, 0.2) is 0 Å². The molecule has 1 heterocycles. The Bertz CT molecular complexity index is 1130. The molecule has 0 atom stereocenters. The Hall–Kier alpha value is -2.58. The number of sulfonamides is 1. The van der Waals surface area contributed by atoms with E-state index >= 15 is 0 Å². The average Bonchev–Trinajstić information content (AvgIpc) is 2.66. The van der Waals surface area contributed by atoms with Crippen LogP contribution in [0.25, 0.3) is 10.8 Å². The molecule has 8 heteroatoms. The van der Waals surface area contributed by atoms with Crippen molar-refractivity contribution in [3.8, 4) is 0 Å². The number of anilines is 1. The first-order valence-corrected chi connectivity index (χ1v) is 10.3. The number of nitrogens with zero attached hydrogens (tertiary/aromatic N) is 2. The SMILES string of the molecule is O=[N+]([O-])c1ccc2c(c1)N(S(=O)(=O)c1ccc3ccccc3c1)CCS2. The van der Waals surface area contributed by atoms with Crippen LogP contribution in [0.15, 0.2) is 70.5 Å². The summed E-state index contributed by atoms with van der Waals surface area (Å²) in [5, 5.41) is 12.9. The van der Waals surface area contributed by atoms with E-state index in [2.05, 4.69) is 0 Å². The van der Waals surface area contributed by atoms with Gasteiger partial charge >= 0.3 is 0 Å². The highest BCUT2D eigenvalue weighted by atomic mass is 32.2. The molecule has 0 unspecified atom stereocenters. The Kier molecular flexibility index (Phi) is 4.08. The summed E-state index contributed by atoms with van der Waals surface area (Å²) in [6, 6.07) is 16.9. The quantitative estimate of drug-likeness (QED) is 0.501. The Morgan fingerprint density at radius 3 is 2.54 bits per heavy atom. The summed E-state index contributed by atoms with van der Waals surface area (Å²) in [5.74, 6) is 0.595. The number of non-ortho nitro benzene ring substituents is 1. The third kappa shape index (κ3) is 2.81. The summed E-state index contributed by atoms with van der Waals surface area (Å²) in [5.41, 5.74) is 0.244. The van der Waals surface area contributed by atoms with E-state index in [1.165, 1.54) is 28.2 Å². The highest BCUT2D eigenvalue weighted by Gasteiger charge is 2.31. The standard InChI is InChI=1S/C18H14N2O4S2/c21-20(22)15-6-8-18-17(12-15)19(9-10-25-18)26(23,24)16-7-5-13-3-1-2-4-14(13)11-16/h1-8,11-12H,9-10H2. The molecule has 0 saturated carbocycles. The first kappa shape index (κ1) is 16.9. The molecular weight excluding hydrogens is 372 g/mol. The van der Waals surface area contributed by atoms with Gasteiger partial charge in [0.05, 0.1) is 15.5 Å². The number of hydrogen-bond donors (Lipinski definition) is 0. The zero-order chi connectivity index (χ0) is 18.3. The fourth-order valence-corrected chi connectivity index (χ4v) is 5.66. The number of benzene rings is 3. The van der Waals surface area contributed by atoms with Gasteiger partial charge < -0.3 is 0 Å². The summed E-state index contributed by atoms with van der Waals surface area (Å²) in [4.78, 5) is 11.5. The second kappa shape index (κ2) is 6.30. The summed E-state index contributed by atoms with van der Waals surface area (Å²) in [7, 11) is -3.81. The summed E-state index contributed by atoms with van der Waals surface area (Å²) in [6.45, 7) is 0.272. The molecule has 3 aromatic rings. The van der Waals surface area contributed by atoms with Crippen LogP contribution >= 0.6 is 11.8 Å². The second-order valence-corrected chi connectivity index (χ2v) is 8.84. The first-order valence-electron chi connectivity index (χ1n) is 7.89. The predicted octanol–water partition coefficient (Wildman–Crippen LogP) is 4.05. The Labute approximate surface area is 154 Å². The van der Waals surface area contributed by atoms with Crippen molar-refractivity contribution in [2.24, 2.45) is 0 Å². The summed E-state index contributed by atoms with van der Waals surface area (Å²) < 4.78 is 27.7. The van der Waals surface area contributed by atoms with Crippen molar-refractivity contribution in [2.75, 3.05) is 16.6 Å². The maximum absolute atomic E-state index is 13.2. The molecule has 0 aromatic heterocycles. The highest BCUT2D eigenvalue weighted by Crippen LogP contribution is 2.40. The molecule has 0 aliphatic carbocycles. The zero-order valence-electron chi connectivity index (χ0n) is 13.5. The fourth-order valence-electron chi connectivity index (χ4n) is 3.00. The van der Waals surface area contributed by atoms with E-state index < -0.39 is 14.9 Å². The molecule has 3 aromatic carbocycles. The summed E-state index contributed by atoms with van der Waals surface area (Å²) >= 11 is 1.50. The van der Waals surface area contributed by atoms with Crippen LogP contribution in [0.4, 0.5) is 11.4 Å². The molecule has 6 nitrogen and oxygen atoms in total. The summed E-state index contributed by atoms with van der Waals surface area (Å²) in [6.07, 6.45) is 0. The third-order valence-corrected chi connectivity index (χ3v) is 7.14. The lowest BCUT2D eigenvalue weighted by Gasteiger charge is -2.29. The maximum Gasteiger partial charge on any atom is 0.271 e. The van der Waals surface area contributed by atoms with Crippen LogP contribution in [0.5, 0.6) is 0 Å². The van der Waals surface area contributed by atoms with Gasteiger partial charge in [0.1, 0.15) is 0 Å². The van der Waals surface area contributed by atoms with Gasteiger partial charge in [-0.1, -0.05) is 30.3 Å². The van der Waals surface area contributed by atoms with Crippen molar-refractivity contribution in [1.82, 2.24) is 0 Å². The Morgan fingerprint density at radius 1 is 1.00 bits per heavy atom. The molecule has 0 radical (unpaired) electrons. The largest absolute Gasteiger partial charge is 0.271 e. The van der Waals surface area contributed by atoms with E-state index in [0.29, 0.717) is 11.4 Å². The van der Waals surface area contributed by atoms with Gasteiger partial charge in [-0.25, -0.2) is 8.42 Å². The molecule has 0 amide bonds.